The van der Waals surface area contributed by atoms with Crippen molar-refractivity contribution in [3.05, 3.63) is 53.2 Å². The molecule has 0 aliphatic heterocycles. The number of aryl methyl sites for hydroxylation is 1. The number of benzene rings is 1. The van der Waals surface area contributed by atoms with Gasteiger partial charge in [0.15, 0.2) is 0 Å². The van der Waals surface area contributed by atoms with E-state index in [1.54, 1.807) is 6.07 Å². The molecule has 106 valence electrons. The molecule has 0 N–H and O–H groups in total. The second-order valence-electron chi connectivity index (χ2n) is 4.56. The van der Waals surface area contributed by atoms with Crippen LogP contribution in [0.5, 0.6) is 0 Å². The van der Waals surface area contributed by atoms with Crippen LogP contribution in [-0.2, 0) is 6.18 Å². The third-order valence-electron chi connectivity index (χ3n) is 3.06. The fourth-order valence-electron chi connectivity index (χ4n) is 1.98. The molecule has 2 aromatic rings. The highest BCUT2D eigenvalue weighted by Gasteiger charge is 2.30. The van der Waals surface area contributed by atoms with Crippen LogP contribution in [0.15, 0.2) is 36.4 Å². The molecule has 1 heterocycles. The number of aromatic nitrogens is 1. The first-order chi connectivity index (χ1) is 9.29. The molecule has 0 saturated carbocycles. The molecule has 1 aromatic carbocycles. The van der Waals surface area contributed by atoms with Gasteiger partial charge in [-0.25, -0.2) is 0 Å². The van der Waals surface area contributed by atoms with Crippen molar-refractivity contribution in [3.8, 4) is 11.3 Å². The summed E-state index contributed by atoms with van der Waals surface area (Å²) in [6.07, 6.45) is -4.32. The molecule has 0 saturated heterocycles. The fraction of sp³-hybridized carbons (Fsp3) is 0.267. The predicted octanol–water partition coefficient (Wildman–Crippen LogP) is 5.38. The zero-order valence-corrected chi connectivity index (χ0v) is 11.8. The van der Waals surface area contributed by atoms with Crippen LogP contribution in [-0.4, -0.2) is 4.98 Å². The van der Waals surface area contributed by atoms with Gasteiger partial charge in [0.25, 0.3) is 0 Å². The molecular weight excluding hydrogens is 287 g/mol. The Labute approximate surface area is 120 Å². The van der Waals surface area contributed by atoms with E-state index < -0.39 is 11.7 Å². The van der Waals surface area contributed by atoms with Gasteiger partial charge in [0.05, 0.1) is 16.6 Å². The molecule has 20 heavy (non-hydrogen) atoms. The number of halogens is 4. The molecule has 0 spiro atoms. The molecule has 2 rings (SSSR count). The second-order valence-corrected chi connectivity index (χ2v) is 5.22. The molecule has 0 bridgehead atoms. The standard InChI is InChI=1S/C15H13ClF3N/c1-9(16)13-7-8-14(20-10(13)2)11-3-5-12(6-4-11)15(17,18)19/h3-9H,1-2H3/t9-/m0/s1. The van der Waals surface area contributed by atoms with Crippen LogP contribution in [0.2, 0.25) is 0 Å². The SMILES string of the molecule is Cc1nc(-c2ccc(C(F)(F)F)cc2)ccc1[C@H](C)Cl. The monoisotopic (exact) mass is 299 g/mol. The van der Waals surface area contributed by atoms with Crippen LogP contribution in [0.3, 0.4) is 0 Å². The Morgan fingerprint density at radius 1 is 1.05 bits per heavy atom. The average molecular weight is 300 g/mol. The fourth-order valence-corrected chi connectivity index (χ4v) is 2.21. The quantitative estimate of drug-likeness (QED) is 0.679. The van der Waals surface area contributed by atoms with E-state index in [4.69, 9.17) is 11.6 Å². The second kappa shape index (κ2) is 5.44. The summed E-state index contributed by atoms with van der Waals surface area (Å²) in [6.45, 7) is 3.69. The first-order valence-corrected chi connectivity index (χ1v) is 6.52. The molecule has 0 radical (unpaired) electrons. The number of hydrogen-bond donors (Lipinski definition) is 0. The maximum atomic E-state index is 12.5. The maximum absolute atomic E-state index is 12.5. The molecule has 0 unspecified atom stereocenters. The van der Waals surface area contributed by atoms with Gasteiger partial charge in [-0.2, -0.15) is 13.2 Å². The molecule has 0 aliphatic carbocycles. The van der Waals surface area contributed by atoms with Crippen molar-refractivity contribution < 1.29 is 13.2 Å². The Morgan fingerprint density at radius 2 is 1.65 bits per heavy atom. The molecule has 5 heteroatoms. The summed E-state index contributed by atoms with van der Waals surface area (Å²) in [5.74, 6) is 0. The summed E-state index contributed by atoms with van der Waals surface area (Å²) < 4.78 is 37.5. The number of alkyl halides is 4. The molecule has 0 aliphatic rings. The predicted molar refractivity (Wildman–Crippen MR) is 73.7 cm³/mol. The smallest absolute Gasteiger partial charge is 0.253 e. The van der Waals surface area contributed by atoms with E-state index in [1.807, 2.05) is 19.9 Å². The van der Waals surface area contributed by atoms with Crippen molar-refractivity contribution >= 4 is 11.6 Å². The number of nitrogens with zero attached hydrogens (tertiary/aromatic N) is 1. The Kier molecular flexibility index (Phi) is 4.04. The summed E-state index contributed by atoms with van der Waals surface area (Å²) in [7, 11) is 0. The molecule has 1 nitrogen and oxygen atoms in total. The van der Waals surface area contributed by atoms with E-state index in [1.165, 1.54) is 12.1 Å². The molecular formula is C15H13ClF3N. The normalized spacial score (nSPS) is 13.3. The van der Waals surface area contributed by atoms with Gasteiger partial charge in [0.1, 0.15) is 0 Å². The lowest BCUT2D eigenvalue weighted by Crippen LogP contribution is -2.04. The summed E-state index contributed by atoms with van der Waals surface area (Å²) in [5, 5.41) is -0.149. The van der Waals surface area contributed by atoms with Gasteiger partial charge in [-0.15, -0.1) is 11.6 Å². The van der Waals surface area contributed by atoms with E-state index in [0.717, 1.165) is 23.4 Å². The third-order valence-corrected chi connectivity index (χ3v) is 3.30. The largest absolute Gasteiger partial charge is 0.416 e. The minimum atomic E-state index is -4.32. The molecule has 1 atom stereocenters. The highest BCUT2D eigenvalue weighted by atomic mass is 35.5. The Bertz CT molecular complexity index is 604. The van der Waals surface area contributed by atoms with Crippen LogP contribution < -0.4 is 0 Å². The van der Waals surface area contributed by atoms with Crippen molar-refractivity contribution in [2.45, 2.75) is 25.4 Å². The lowest BCUT2D eigenvalue weighted by atomic mass is 10.1. The zero-order valence-electron chi connectivity index (χ0n) is 11.0. The van der Waals surface area contributed by atoms with Crippen LogP contribution >= 0.6 is 11.6 Å². The molecule has 1 aromatic heterocycles. The first-order valence-electron chi connectivity index (χ1n) is 6.08. The lowest BCUT2D eigenvalue weighted by Gasteiger charge is -2.10. The van der Waals surface area contributed by atoms with E-state index >= 15 is 0 Å². The minimum absolute atomic E-state index is 0.149. The zero-order chi connectivity index (χ0) is 14.9. The summed E-state index contributed by atoms with van der Waals surface area (Å²) in [4.78, 5) is 4.39. The maximum Gasteiger partial charge on any atom is 0.416 e. The Morgan fingerprint density at radius 3 is 2.10 bits per heavy atom. The van der Waals surface area contributed by atoms with Crippen molar-refractivity contribution in [3.63, 3.8) is 0 Å². The highest BCUT2D eigenvalue weighted by Crippen LogP contribution is 2.31. The van der Waals surface area contributed by atoms with Crippen LogP contribution in [0.1, 0.15) is 29.1 Å². The number of hydrogen-bond acceptors (Lipinski definition) is 1. The van der Waals surface area contributed by atoms with Crippen LogP contribution in [0.25, 0.3) is 11.3 Å². The van der Waals surface area contributed by atoms with Crippen LogP contribution in [0, 0.1) is 6.92 Å². The topological polar surface area (TPSA) is 12.9 Å². The van der Waals surface area contributed by atoms with E-state index in [0.29, 0.717) is 11.3 Å². The van der Waals surface area contributed by atoms with Crippen LogP contribution in [0.4, 0.5) is 13.2 Å². The van der Waals surface area contributed by atoms with E-state index in [2.05, 4.69) is 4.98 Å². The number of rotatable bonds is 2. The number of pyridine rings is 1. The third kappa shape index (κ3) is 3.12. The average Bonchev–Trinajstić information content (AvgIpc) is 2.37. The van der Waals surface area contributed by atoms with Gasteiger partial charge in [0, 0.05) is 11.3 Å². The Hall–Kier alpha value is -1.55. The first kappa shape index (κ1) is 14.9. The lowest BCUT2D eigenvalue weighted by molar-refractivity contribution is -0.137. The summed E-state index contributed by atoms with van der Waals surface area (Å²) in [5.41, 5.74) is 2.32. The van der Waals surface area contributed by atoms with Crippen molar-refractivity contribution in [2.75, 3.05) is 0 Å². The van der Waals surface area contributed by atoms with Crippen molar-refractivity contribution in [1.29, 1.82) is 0 Å². The molecule has 0 amide bonds. The molecule has 0 fully saturated rings. The summed E-state index contributed by atoms with van der Waals surface area (Å²) in [6, 6.07) is 8.59. The highest BCUT2D eigenvalue weighted by molar-refractivity contribution is 6.20. The van der Waals surface area contributed by atoms with E-state index in [9.17, 15) is 13.2 Å². The van der Waals surface area contributed by atoms with Gasteiger partial charge in [-0.3, -0.25) is 4.98 Å². The van der Waals surface area contributed by atoms with Gasteiger partial charge in [0.2, 0.25) is 0 Å². The minimum Gasteiger partial charge on any atom is -0.253 e. The van der Waals surface area contributed by atoms with Gasteiger partial charge in [-0.05, 0) is 37.6 Å². The van der Waals surface area contributed by atoms with Crippen molar-refractivity contribution in [1.82, 2.24) is 4.98 Å². The van der Waals surface area contributed by atoms with Gasteiger partial charge in [-0.1, -0.05) is 18.2 Å². The van der Waals surface area contributed by atoms with Gasteiger partial charge < -0.3 is 0 Å². The van der Waals surface area contributed by atoms with Gasteiger partial charge >= 0.3 is 6.18 Å². The summed E-state index contributed by atoms with van der Waals surface area (Å²) >= 11 is 6.01. The van der Waals surface area contributed by atoms with E-state index in [-0.39, 0.29) is 5.38 Å². The van der Waals surface area contributed by atoms with Crippen molar-refractivity contribution in [2.24, 2.45) is 0 Å². The Balaban J connectivity index is 2.35.